The number of benzene rings is 1. The molecule has 21 heavy (non-hydrogen) atoms. The summed E-state index contributed by atoms with van der Waals surface area (Å²) >= 11 is 0. The minimum Gasteiger partial charge on any atom is -0.353 e. The molecule has 1 unspecified atom stereocenters. The predicted molar refractivity (Wildman–Crippen MR) is 84.6 cm³/mol. The Morgan fingerprint density at radius 1 is 1.19 bits per heavy atom. The van der Waals surface area contributed by atoms with Crippen LogP contribution in [0.5, 0.6) is 0 Å². The fourth-order valence-corrected chi connectivity index (χ4v) is 3.41. The van der Waals surface area contributed by atoms with E-state index in [9.17, 15) is 8.42 Å². The monoisotopic (exact) mass is 320 g/mol. The topological polar surface area (TPSA) is 76.9 Å². The third kappa shape index (κ3) is 2.39. The smallest absolute Gasteiger partial charge is 0.269 e. The summed E-state index contributed by atoms with van der Waals surface area (Å²) in [5, 5.41) is 2.79. The molecule has 0 radical (unpaired) electrons. The van der Waals surface area contributed by atoms with Crippen LogP contribution in [0.1, 0.15) is 5.56 Å². The zero-order valence-corrected chi connectivity index (χ0v) is 13.2. The summed E-state index contributed by atoms with van der Waals surface area (Å²) in [7, 11) is -1.35. The molecule has 3 aromatic rings. The van der Waals surface area contributed by atoms with Crippen molar-refractivity contribution in [1.29, 1.82) is 0 Å². The minimum atomic E-state index is -3.67. The second kappa shape index (κ2) is 5.09. The predicted octanol–water partition coefficient (Wildman–Crippen LogP) is 2.18. The summed E-state index contributed by atoms with van der Waals surface area (Å²) in [5.41, 5.74) is 1.82. The van der Waals surface area contributed by atoms with Gasteiger partial charge >= 0.3 is 0 Å². The standard InChI is InChI=1S/C13H13N4O2PS/c1-9-2-4-10(5-3-9)21(18,19)17-7-6-11-13(17)14-8-12(15-11)16-20/h2-8H,20H2,1H3,(H,15,16). The number of rotatable bonds is 3. The molecule has 2 heterocycles. The fraction of sp³-hybridized carbons (Fsp3) is 0.0769. The summed E-state index contributed by atoms with van der Waals surface area (Å²) in [6, 6.07) is 8.33. The molecule has 3 rings (SSSR count). The van der Waals surface area contributed by atoms with Crippen LogP contribution in [0, 0.1) is 6.92 Å². The third-order valence-electron chi connectivity index (χ3n) is 3.08. The molecule has 0 saturated carbocycles. The Morgan fingerprint density at radius 3 is 2.57 bits per heavy atom. The van der Waals surface area contributed by atoms with E-state index in [1.807, 2.05) is 6.92 Å². The molecule has 0 spiro atoms. The molecule has 0 saturated heterocycles. The van der Waals surface area contributed by atoms with Crippen LogP contribution in [0.2, 0.25) is 0 Å². The lowest BCUT2D eigenvalue weighted by Gasteiger charge is -2.07. The van der Waals surface area contributed by atoms with Crippen LogP contribution >= 0.6 is 9.39 Å². The highest BCUT2D eigenvalue weighted by molar-refractivity contribution is 7.90. The average Bonchev–Trinajstić information content (AvgIpc) is 2.91. The maximum Gasteiger partial charge on any atom is 0.269 e. The molecule has 0 aliphatic rings. The van der Waals surface area contributed by atoms with Gasteiger partial charge in [0.1, 0.15) is 11.3 Å². The van der Waals surface area contributed by atoms with Gasteiger partial charge in [0, 0.05) is 6.20 Å². The van der Waals surface area contributed by atoms with E-state index < -0.39 is 10.0 Å². The lowest BCUT2D eigenvalue weighted by molar-refractivity contribution is 0.588. The van der Waals surface area contributed by atoms with Crippen LogP contribution in [0.3, 0.4) is 0 Å². The van der Waals surface area contributed by atoms with Gasteiger partial charge in [-0.15, -0.1) is 0 Å². The average molecular weight is 320 g/mol. The van der Waals surface area contributed by atoms with Crippen molar-refractivity contribution in [2.45, 2.75) is 11.8 Å². The molecule has 0 amide bonds. The Kier molecular flexibility index (Phi) is 3.39. The number of aromatic nitrogens is 3. The lowest BCUT2D eigenvalue weighted by Crippen LogP contribution is -2.12. The van der Waals surface area contributed by atoms with E-state index in [2.05, 4.69) is 24.4 Å². The van der Waals surface area contributed by atoms with Crippen molar-refractivity contribution in [1.82, 2.24) is 13.9 Å². The van der Waals surface area contributed by atoms with E-state index >= 15 is 0 Å². The second-order valence-corrected chi connectivity index (χ2v) is 6.64. The molecule has 1 aromatic carbocycles. The minimum absolute atomic E-state index is 0.223. The molecule has 2 aromatic heterocycles. The Balaban J connectivity index is 2.17. The molecule has 0 bridgehead atoms. The Bertz CT molecular complexity index is 904. The lowest BCUT2D eigenvalue weighted by atomic mass is 10.2. The van der Waals surface area contributed by atoms with Crippen molar-refractivity contribution < 1.29 is 8.42 Å². The molecule has 1 N–H and O–H groups in total. The van der Waals surface area contributed by atoms with Crippen molar-refractivity contribution >= 4 is 36.4 Å². The maximum absolute atomic E-state index is 12.7. The van der Waals surface area contributed by atoms with E-state index in [0.29, 0.717) is 17.0 Å². The van der Waals surface area contributed by atoms with Gasteiger partial charge in [-0.1, -0.05) is 17.7 Å². The highest BCUT2D eigenvalue weighted by Crippen LogP contribution is 2.21. The Morgan fingerprint density at radius 2 is 1.90 bits per heavy atom. The summed E-state index contributed by atoms with van der Waals surface area (Å²) in [6.07, 6.45) is 2.95. The first kappa shape index (κ1) is 14.0. The van der Waals surface area contributed by atoms with E-state index in [1.54, 1.807) is 30.3 Å². The van der Waals surface area contributed by atoms with Gasteiger partial charge in [0.05, 0.1) is 11.1 Å². The number of nitrogens with one attached hydrogen (secondary N) is 1. The SMILES string of the molecule is Cc1ccc(S(=O)(=O)n2ccc3nc(NP)cnc32)cc1. The quantitative estimate of drug-likeness (QED) is 0.749. The molecule has 108 valence electrons. The summed E-state index contributed by atoms with van der Waals surface area (Å²) in [5.74, 6) is 0.554. The second-order valence-electron chi connectivity index (χ2n) is 4.54. The molecule has 6 nitrogen and oxygen atoms in total. The molecular formula is C13H13N4O2PS. The number of fused-ring (bicyclic) bond motifs is 1. The van der Waals surface area contributed by atoms with Crippen molar-refractivity contribution in [3.63, 3.8) is 0 Å². The largest absolute Gasteiger partial charge is 0.353 e. The van der Waals surface area contributed by atoms with Crippen molar-refractivity contribution in [3.05, 3.63) is 48.3 Å². The normalized spacial score (nSPS) is 11.7. The molecule has 1 atom stereocenters. The molecular weight excluding hydrogens is 307 g/mol. The number of hydrogen-bond acceptors (Lipinski definition) is 5. The van der Waals surface area contributed by atoms with Crippen LogP contribution in [-0.4, -0.2) is 22.4 Å². The number of anilines is 1. The van der Waals surface area contributed by atoms with E-state index in [-0.39, 0.29) is 4.90 Å². The zero-order valence-electron chi connectivity index (χ0n) is 11.2. The third-order valence-corrected chi connectivity index (χ3v) is 5.06. The van der Waals surface area contributed by atoms with Crippen molar-refractivity contribution in [3.8, 4) is 0 Å². The van der Waals surface area contributed by atoms with Crippen LogP contribution in [-0.2, 0) is 10.0 Å². The highest BCUT2D eigenvalue weighted by atomic mass is 32.2. The Hall–Kier alpha value is -1.98. The molecule has 0 aliphatic carbocycles. The van der Waals surface area contributed by atoms with E-state index in [0.717, 1.165) is 9.54 Å². The van der Waals surface area contributed by atoms with E-state index in [4.69, 9.17) is 0 Å². The van der Waals surface area contributed by atoms with Gasteiger partial charge in [-0.3, -0.25) is 0 Å². The van der Waals surface area contributed by atoms with Gasteiger partial charge in [-0.05, 0) is 34.5 Å². The molecule has 0 aliphatic heterocycles. The van der Waals surface area contributed by atoms with Gasteiger partial charge in [-0.25, -0.2) is 22.4 Å². The van der Waals surface area contributed by atoms with Crippen LogP contribution in [0.25, 0.3) is 11.2 Å². The Labute approximate surface area is 124 Å². The van der Waals surface area contributed by atoms with Crippen molar-refractivity contribution in [2.24, 2.45) is 0 Å². The molecule has 8 heteroatoms. The van der Waals surface area contributed by atoms with Crippen LogP contribution < -0.4 is 5.09 Å². The summed E-state index contributed by atoms with van der Waals surface area (Å²) in [6.45, 7) is 1.91. The van der Waals surface area contributed by atoms with Gasteiger partial charge in [0.25, 0.3) is 10.0 Å². The van der Waals surface area contributed by atoms with Crippen LogP contribution in [0.4, 0.5) is 5.82 Å². The number of hydrogen-bond donors (Lipinski definition) is 1. The highest BCUT2D eigenvalue weighted by Gasteiger charge is 2.20. The summed E-state index contributed by atoms with van der Waals surface area (Å²) < 4.78 is 26.4. The fourth-order valence-electron chi connectivity index (χ4n) is 1.97. The van der Waals surface area contributed by atoms with E-state index in [1.165, 1.54) is 12.4 Å². The first-order valence-corrected chi connectivity index (χ1v) is 8.17. The maximum atomic E-state index is 12.7. The number of aryl methyl sites for hydroxylation is 1. The zero-order chi connectivity index (χ0) is 15.0. The molecule has 0 fully saturated rings. The van der Waals surface area contributed by atoms with Gasteiger partial charge in [0.15, 0.2) is 5.65 Å². The van der Waals surface area contributed by atoms with Crippen molar-refractivity contribution in [2.75, 3.05) is 5.09 Å². The van der Waals surface area contributed by atoms with Crippen LogP contribution in [0.15, 0.2) is 47.6 Å². The number of nitrogens with zero attached hydrogens (tertiary/aromatic N) is 3. The van der Waals surface area contributed by atoms with Gasteiger partial charge in [-0.2, -0.15) is 0 Å². The summed E-state index contributed by atoms with van der Waals surface area (Å²) in [4.78, 5) is 8.65. The van der Waals surface area contributed by atoms with Gasteiger partial charge in [0.2, 0.25) is 0 Å². The van der Waals surface area contributed by atoms with Gasteiger partial charge < -0.3 is 5.09 Å². The first-order chi connectivity index (χ1) is 10.0. The first-order valence-electron chi connectivity index (χ1n) is 6.15.